The van der Waals surface area contributed by atoms with Crippen molar-refractivity contribution in [3.63, 3.8) is 0 Å². The molecule has 0 fully saturated rings. The average molecular weight is 235 g/mol. The van der Waals surface area contributed by atoms with Crippen molar-refractivity contribution in [1.29, 1.82) is 0 Å². The minimum Gasteiger partial charge on any atom is -0.396 e. The molecule has 0 radical (unpaired) electrons. The minimum atomic E-state index is -0.254. The number of likely N-dealkylation sites (N-methyl/N-ethyl adjacent to an activating group) is 1. The van der Waals surface area contributed by atoms with E-state index in [1.165, 1.54) is 5.56 Å². The lowest BCUT2D eigenvalue weighted by molar-refractivity contribution is -0.135. The fraction of sp³-hybridized carbons (Fsp3) is 0.500. The summed E-state index contributed by atoms with van der Waals surface area (Å²) in [6, 6.07) is 10.1. The van der Waals surface area contributed by atoms with Crippen LogP contribution >= 0.6 is 0 Å². The van der Waals surface area contributed by atoms with Crippen LogP contribution in [0.1, 0.15) is 18.9 Å². The lowest BCUT2D eigenvalue weighted by Crippen LogP contribution is -2.35. The van der Waals surface area contributed by atoms with Crippen LogP contribution in [0.25, 0.3) is 0 Å². The topological polar surface area (TPSA) is 40.5 Å². The molecule has 0 bridgehead atoms. The van der Waals surface area contributed by atoms with Crippen molar-refractivity contribution in [1.82, 2.24) is 4.90 Å². The Hall–Kier alpha value is -1.35. The predicted molar refractivity (Wildman–Crippen MR) is 68.6 cm³/mol. The predicted octanol–water partition coefficient (Wildman–Crippen LogP) is 1.71. The maximum absolute atomic E-state index is 11.9. The number of hydrogen-bond donors (Lipinski definition) is 1. The molecule has 3 nitrogen and oxygen atoms in total. The van der Waals surface area contributed by atoms with Gasteiger partial charge in [-0.2, -0.15) is 0 Å². The number of amides is 1. The zero-order chi connectivity index (χ0) is 12.7. The molecule has 0 aliphatic carbocycles. The first-order valence-corrected chi connectivity index (χ1v) is 6.08. The largest absolute Gasteiger partial charge is 0.396 e. The highest BCUT2D eigenvalue weighted by molar-refractivity contribution is 5.78. The van der Waals surface area contributed by atoms with E-state index in [1.807, 2.05) is 25.1 Å². The maximum Gasteiger partial charge on any atom is 0.227 e. The third-order valence-electron chi connectivity index (χ3n) is 3.02. The van der Waals surface area contributed by atoms with Gasteiger partial charge in [-0.1, -0.05) is 37.3 Å². The molecular formula is C14H21NO2. The van der Waals surface area contributed by atoms with Gasteiger partial charge in [-0.05, 0) is 18.4 Å². The van der Waals surface area contributed by atoms with Gasteiger partial charge in [0.1, 0.15) is 0 Å². The van der Waals surface area contributed by atoms with Gasteiger partial charge in [0.05, 0.1) is 12.5 Å². The summed E-state index contributed by atoms with van der Waals surface area (Å²) in [6.45, 7) is 2.55. The Morgan fingerprint density at radius 3 is 2.53 bits per heavy atom. The number of rotatable bonds is 6. The van der Waals surface area contributed by atoms with Gasteiger partial charge in [0.2, 0.25) is 5.91 Å². The average Bonchev–Trinajstić information content (AvgIpc) is 2.38. The molecule has 1 rings (SSSR count). The van der Waals surface area contributed by atoms with Crippen LogP contribution in [0, 0.1) is 5.92 Å². The quantitative estimate of drug-likeness (QED) is 0.815. The summed E-state index contributed by atoms with van der Waals surface area (Å²) >= 11 is 0. The van der Waals surface area contributed by atoms with Crippen LogP contribution in [-0.4, -0.2) is 36.1 Å². The Morgan fingerprint density at radius 1 is 1.35 bits per heavy atom. The minimum absolute atomic E-state index is 0.0333. The molecule has 1 N–H and O–H groups in total. The summed E-state index contributed by atoms with van der Waals surface area (Å²) in [5.41, 5.74) is 1.23. The van der Waals surface area contributed by atoms with Gasteiger partial charge < -0.3 is 10.0 Å². The summed E-state index contributed by atoms with van der Waals surface area (Å²) in [5, 5.41) is 9.08. The van der Waals surface area contributed by atoms with Gasteiger partial charge in [0.25, 0.3) is 0 Å². The van der Waals surface area contributed by atoms with E-state index in [0.717, 1.165) is 6.42 Å². The van der Waals surface area contributed by atoms with E-state index in [0.29, 0.717) is 13.0 Å². The van der Waals surface area contributed by atoms with E-state index in [2.05, 4.69) is 12.1 Å². The Labute approximate surface area is 103 Å². The fourth-order valence-corrected chi connectivity index (χ4v) is 1.75. The van der Waals surface area contributed by atoms with Gasteiger partial charge in [-0.15, -0.1) is 0 Å². The monoisotopic (exact) mass is 235 g/mol. The lowest BCUT2D eigenvalue weighted by Gasteiger charge is -2.21. The Bertz CT molecular complexity index is 333. The molecule has 94 valence electrons. The van der Waals surface area contributed by atoms with Crippen LogP contribution < -0.4 is 0 Å². The standard InChI is InChI=1S/C14H21NO2/c1-3-13(11-16)14(17)15(2)10-9-12-7-5-4-6-8-12/h4-8,13,16H,3,9-11H2,1-2H3. The van der Waals surface area contributed by atoms with Gasteiger partial charge >= 0.3 is 0 Å². The molecule has 1 amide bonds. The van der Waals surface area contributed by atoms with Crippen molar-refractivity contribution in [2.45, 2.75) is 19.8 Å². The number of benzene rings is 1. The van der Waals surface area contributed by atoms with Gasteiger partial charge in [-0.25, -0.2) is 0 Å². The summed E-state index contributed by atoms with van der Waals surface area (Å²) in [5.74, 6) is -0.221. The summed E-state index contributed by atoms with van der Waals surface area (Å²) in [4.78, 5) is 13.6. The Balaban J connectivity index is 2.44. The summed E-state index contributed by atoms with van der Waals surface area (Å²) < 4.78 is 0. The van der Waals surface area contributed by atoms with Crippen molar-refractivity contribution < 1.29 is 9.90 Å². The smallest absolute Gasteiger partial charge is 0.227 e. The van der Waals surface area contributed by atoms with Crippen LogP contribution in [0.4, 0.5) is 0 Å². The van der Waals surface area contributed by atoms with E-state index < -0.39 is 0 Å². The third kappa shape index (κ3) is 4.19. The van der Waals surface area contributed by atoms with Gasteiger partial charge in [0, 0.05) is 13.6 Å². The molecule has 0 aromatic heterocycles. The second-order valence-corrected chi connectivity index (χ2v) is 4.28. The van der Waals surface area contributed by atoms with Crippen LogP contribution in [0.15, 0.2) is 30.3 Å². The number of aliphatic hydroxyl groups excluding tert-OH is 1. The summed E-state index contributed by atoms with van der Waals surface area (Å²) in [6.07, 6.45) is 1.54. The molecule has 0 saturated carbocycles. The highest BCUT2D eigenvalue weighted by Gasteiger charge is 2.18. The van der Waals surface area contributed by atoms with Gasteiger partial charge in [0.15, 0.2) is 0 Å². The molecule has 1 atom stereocenters. The van der Waals surface area contributed by atoms with Crippen LogP contribution in [0.5, 0.6) is 0 Å². The van der Waals surface area contributed by atoms with E-state index in [-0.39, 0.29) is 18.4 Å². The zero-order valence-electron chi connectivity index (χ0n) is 10.6. The zero-order valence-corrected chi connectivity index (χ0v) is 10.6. The molecule has 17 heavy (non-hydrogen) atoms. The first kappa shape index (κ1) is 13.7. The molecule has 1 unspecified atom stereocenters. The Kier molecular flexibility index (Phi) is 5.70. The normalized spacial score (nSPS) is 12.2. The highest BCUT2D eigenvalue weighted by Crippen LogP contribution is 2.07. The highest BCUT2D eigenvalue weighted by atomic mass is 16.3. The van der Waals surface area contributed by atoms with Gasteiger partial charge in [-0.3, -0.25) is 4.79 Å². The maximum atomic E-state index is 11.9. The van der Waals surface area contributed by atoms with Crippen molar-refractivity contribution in [3.8, 4) is 0 Å². The second kappa shape index (κ2) is 7.07. The van der Waals surface area contributed by atoms with Crippen molar-refractivity contribution >= 4 is 5.91 Å². The van der Waals surface area contributed by atoms with E-state index in [9.17, 15) is 4.79 Å². The van der Waals surface area contributed by atoms with Crippen molar-refractivity contribution in [2.75, 3.05) is 20.2 Å². The number of aliphatic hydroxyl groups is 1. The molecule has 0 aliphatic rings. The van der Waals surface area contributed by atoms with E-state index in [1.54, 1.807) is 11.9 Å². The molecule has 0 heterocycles. The lowest BCUT2D eigenvalue weighted by atomic mass is 10.1. The first-order chi connectivity index (χ1) is 8.19. The molecule has 1 aromatic rings. The number of hydrogen-bond acceptors (Lipinski definition) is 2. The molecule has 1 aromatic carbocycles. The third-order valence-corrected chi connectivity index (χ3v) is 3.02. The summed E-state index contributed by atoms with van der Waals surface area (Å²) in [7, 11) is 1.80. The molecule has 3 heteroatoms. The van der Waals surface area contributed by atoms with Crippen LogP contribution in [0.3, 0.4) is 0 Å². The molecule has 0 spiro atoms. The Morgan fingerprint density at radius 2 is 2.00 bits per heavy atom. The number of carbonyl (C=O) groups is 1. The first-order valence-electron chi connectivity index (χ1n) is 6.08. The molecular weight excluding hydrogens is 214 g/mol. The fourth-order valence-electron chi connectivity index (χ4n) is 1.75. The SMILES string of the molecule is CCC(CO)C(=O)N(C)CCc1ccccc1. The number of nitrogens with zero attached hydrogens (tertiary/aromatic N) is 1. The van der Waals surface area contributed by atoms with Crippen molar-refractivity contribution in [3.05, 3.63) is 35.9 Å². The second-order valence-electron chi connectivity index (χ2n) is 4.28. The van der Waals surface area contributed by atoms with Crippen molar-refractivity contribution in [2.24, 2.45) is 5.92 Å². The van der Waals surface area contributed by atoms with Crippen LogP contribution in [0.2, 0.25) is 0 Å². The number of carbonyl (C=O) groups excluding carboxylic acids is 1. The molecule has 0 saturated heterocycles. The van der Waals surface area contributed by atoms with Crippen LogP contribution in [-0.2, 0) is 11.2 Å². The molecule has 0 aliphatic heterocycles. The van der Waals surface area contributed by atoms with E-state index in [4.69, 9.17) is 5.11 Å². The van der Waals surface area contributed by atoms with E-state index >= 15 is 0 Å².